The Kier molecular flexibility index (Phi) is 2.82. The summed E-state index contributed by atoms with van der Waals surface area (Å²) < 4.78 is 0.932. The molecule has 1 aromatic heterocycles. The van der Waals surface area contributed by atoms with Crippen LogP contribution < -0.4 is 0 Å². The molecule has 0 atom stereocenters. The Bertz CT molecular complexity index is 502. The van der Waals surface area contributed by atoms with Crippen LogP contribution in [0.5, 0.6) is 0 Å². The van der Waals surface area contributed by atoms with Gasteiger partial charge in [0.2, 0.25) is 0 Å². The van der Waals surface area contributed by atoms with Crippen LogP contribution in [0.1, 0.15) is 30.7 Å². The molecule has 1 nitrogen and oxygen atoms in total. The summed E-state index contributed by atoms with van der Waals surface area (Å²) in [5.74, 6) is 0.795. The van der Waals surface area contributed by atoms with Gasteiger partial charge in [-0.25, -0.2) is 4.98 Å². The maximum Gasteiger partial charge on any atom is 0.124 e. The molecular weight excluding hydrogens is 282 g/mol. The Hall–Kier alpha value is -0.670. The molecule has 3 rings (SSSR count). The second-order valence-corrected chi connectivity index (χ2v) is 5.90. The van der Waals surface area contributed by atoms with E-state index in [0.717, 1.165) is 15.5 Å². The predicted octanol–water partition coefficient (Wildman–Crippen LogP) is 4.84. The lowest BCUT2D eigenvalue weighted by atomic mass is 9.80. The zero-order valence-electron chi connectivity index (χ0n) is 8.82. The maximum atomic E-state index is 4.46. The molecule has 0 N–H and O–H groups in total. The van der Waals surface area contributed by atoms with Crippen molar-refractivity contribution in [2.75, 3.05) is 0 Å². The van der Waals surface area contributed by atoms with Gasteiger partial charge >= 0.3 is 0 Å². The zero-order valence-corrected chi connectivity index (χ0v) is 11.2. The molecule has 0 bridgehead atoms. The number of aromatic nitrogens is 1. The Morgan fingerprint density at radius 3 is 2.81 bits per heavy atom. The molecule has 1 saturated carbocycles. The first kappa shape index (κ1) is 10.5. The summed E-state index contributed by atoms with van der Waals surface area (Å²) in [5.41, 5.74) is 2.73. The van der Waals surface area contributed by atoms with Crippen LogP contribution in [0.2, 0.25) is 0 Å². The molecule has 1 heterocycles. The van der Waals surface area contributed by atoms with E-state index in [1.165, 1.54) is 30.4 Å². The molecule has 0 radical (unpaired) electrons. The highest BCUT2D eigenvalue weighted by Crippen LogP contribution is 2.38. The van der Waals surface area contributed by atoms with E-state index >= 15 is 0 Å². The molecule has 1 aliphatic carbocycles. The summed E-state index contributed by atoms with van der Waals surface area (Å²) in [4.78, 5) is 4.46. The normalized spacial score (nSPS) is 16.1. The van der Waals surface area contributed by atoms with Crippen LogP contribution in [0.4, 0.5) is 0 Å². The summed E-state index contributed by atoms with van der Waals surface area (Å²) in [6.07, 6.45) is 4.09. The van der Waals surface area contributed by atoms with Gasteiger partial charge < -0.3 is 0 Å². The van der Waals surface area contributed by atoms with Gasteiger partial charge in [0.15, 0.2) is 0 Å². The standard InChI is InChI=1S/C13H12BrNS/c14-12-8-16-13(15-12)11-6-2-5-10(7-11)9-3-1-4-9/h2,5-9H,1,3-4H2. The molecule has 2 aromatic rings. The van der Waals surface area contributed by atoms with Gasteiger partial charge in [-0.15, -0.1) is 11.3 Å². The number of nitrogens with zero attached hydrogens (tertiary/aromatic N) is 1. The minimum absolute atomic E-state index is 0.795. The molecule has 1 fully saturated rings. The summed E-state index contributed by atoms with van der Waals surface area (Å²) in [6.45, 7) is 0. The fourth-order valence-corrected chi connectivity index (χ4v) is 3.30. The van der Waals surface area contributed by atoms with Crippen molar-refractivity contribution in [3.63, 3.8) is 0 Å². The first-order valence-electron chi connectivity index (χ1n) is 5.54. The van der Waals surface area contributed by atoms with Gasteiger partial charge in [-0.2, -0.15) is 0 Å². The smallest absolute Gasteiger partial charge is 0.124 e. The van der Waals surface area contributed by atoms with Gasteiger partial charge in [0, 0.05) is 10.9 Å². The molecule has 0 unspecified atom stereocenters. The van der Waals surface area contributed by atoms with Crippen LogP contribution in [-0.2, 0) is 0 Å². The Balaban J connectivity index is 1.95. The van der Waals surface area contributed by atoms with Gasteiger partial charge in [-0.05, 0) is 46.3 Å². The highest BCUT2D eigenvalue weighted by Gasteiger charge is 2.19. The molecule has 1 aliphatic rings. The number of thiazole rings is 1. The van der Waals surface area contributed by atoms with Crippen molar-refractivity contribution in [3.05, 3.63) is 39.8 Å². The van der Waals surface area contributed by atoms with Crippen LogP contribution >= 0.6 is 27.3 Å². The number of halogens is 1. The third-order valence-corrected chi connectivity index (χ3v) is 4.79. The van der Waals surface area contributed by atoms with Crippen LogP contribution in [0.25, 0.3) is 10.6 Å². The van der Waals surface area contributed by atoms with Gasteiger partial charge in [-0.3, -0.25) is 0 Å². The highest BCUT2D eigenvalue weighted by atomic mass is 79.9. The fourth-order valence-electron chi connectivity index (χ4n) is 2.05. The predicted molar refractivity (Wildman–Crippen MR) is 71.8 cm³/mol. The van der Waals surface area contributed by atoms with Crippen molar-refractivity contribution in [1.82, 2.24) is 4.98 Å². The van der Waals surface area contributed by atoms with Gasteiger partial charge in [0.25, 0.3) is 0 Å². The summed E-state index contributed by atoms with van der Waals surface area (Å²) in [5, 5.41) is 3.14. The first-order valence-corrected chi connectivity index (χ1v) is 7.21. The molecule has 3 heteroatoms. The molecule has 0 amide bonds. The minimum atomic E-state index is 0.795. The Morgan fingerprint density at radius 2 is 2.19 bits per heavy atom. The van der Waals surface area contributed by atoms with E-state index in [2.05, 4.69) is 45.2 Å². The van der Waals surface area contributed by atoms with Crippen molar-refractivity contribution < 1.29 is 0 Å². The minimum Gasteiger partial charge on any atom is -0.229 e. The Labute approximate surface area is 108 Å². The monoisotopic (exact) mass is 293 g/mol. The number of rotatable bonds is 2. The third-order valence-electron chi connectivity index (χ3n) is 3.19. The van der Waals surface area contributed by atoms with E-state index in [4.69, 9.17) is 0 Å². The van der Waals surface area contributed by atoms with Crippen molar-refractivity contribution in [1.29, 1.82) is 0 Å². The van der Waals surface area contributed by atoms with E-state index in [-0.39, 0.29) is 0 Å². The van der Waals surface area contributed by atoms with E-state index in [1.807, 2.05) is 5.38 Å². The lowest BCUT2D eigenvalue weighted by Crippen LogP contribution is -2.08. The number of hydrogen-bond donors (Lipinski definition) is 0. The van der Waals surface area contributed by atoms with Gasteiger partial charge in [0.05, 0.1) is 0 Å². The maximum absolute atomic E-state index is 4.46. The molecule has 1 aromatic carbocycles. The SMILES string of the molecule is Brc1csc(-c2cccc(C3CCC3)c2)n1. The third kappa shape index (κ3) is 1.94. The first-order chi connectivity index (χ1) is 7.83. The van der Waals surface area contributed by atoms with E-state index < -0.39 is 0 Å². The van der Waals surface area contributed by atoms with Gasteiger partial charge in [0.1, 0.15) is 9.61 Å². The molecule has 0 aliphatic heterocycles. The lowest BCUT2D eigenvalue weighted by Gasteiger charge is -2.25. The topological polar surface area (TPSA) is 12.9 Å². The van der Waals surface area contributed by atoms with Crippen LogP contribution in [-0.4, -0.2) is 4.98 Å². The second kappa shape index (κ2) is 4.30. The fraction of sp³-hybridized carbons (Fsp3) is 0.308. The molecule has 0 spiro atoms. The Morgan fingerprint density at radius 1 is 1.31 bits per heavy atom. The van der Waals surface area contributed by atoms with Crippen molar-refractivity contribution >= 4 is 27.3 Å². The van der Waals surface area contributed by atoms with Gasteiger partial charge in [-0.1, -0.05) is 24.6 Å². The summed E-state index contributed by atoms with van der Waals surface area (Å²) >= 11 is 5.09. The largest absolute Gasteiger partial charge is 0.229 e. The van der Waals surface area contributed by atoms with E-state index in [0.29, 0.717) is 0 Å². The van der Waals surface area contributed by atoms with Crippen LogP contribution in [0.15, 0.2) is 34.2 Å². The van der Waals surface area contributed by atoms with E-state index in [1.54, 1.807) is 11.3 Å². The molecular formula is C13H12BrNS. The van der Waals surface area contributed by atoms with Crippen molar-refractivity contribution in [2.45, 2.75) is 25.2 Å². The number of hydrogen-bond acceptors (Lipinski definition) is 2. The highest BCUT2D eigenvalue weighted by molar-refractivity contribution is 9.10. The second-order valence-electron chi connectivity index (χ2n) is 4.23. The summed E-state index contributed by atoms with van der Waals surface area (Å²) in [6, 6.07) is 8.84. The number of benzene rings is 1. The van der Waals surface area contributed by atoms with Crippen molar-refractivity contribution in [2.24, 2.45) is 0 Å². The average Bonchev–Trinajstić information content (AvgIpc) is 2.63. The lowest BCUT2D eigenvalue weighted by molar-refractivity contribution is 0.420. The molecule has 0 saturated heterocycles. The average molecular weight is 294 g/mol. The quantitative estimate of drug-likeness (QED) is 0.772. The molecule has 82 valence electrons. The van der Waals surface area contributed by atoms with E-state index in [9.17, 15) is 0 Å². The summed E-state index contributed by atoms with van der Waals surface area (Å²) in [7, 11) is 0. The van der Waals surface area contributed by atoms with Crippen LogP contribution in [0.3, 0.4) is 0 Å². The zero-order chi connectivity index (χ0) is 11.0. The van der Waals surface area contributed by atoms with Crippen molar-refractivity contribution in [3.8, 4) is 10.6 Å². The molecule has 16 heavy (non-hydrogen) atoms. The van der Waals surface area contributed by atoms with Crippen LogP contribution in [0, 0.1) is 0 Å².